The van der Waals surface area contributed by atoms with Crippen molar-refractivity contribution in [3.8, 4) is 17.2 Å². The Balaban J connectivity index is 1.57. The molecule has 1 aliphatic heterocycles. The van der Waals surface area contributed by atoms with Crippen LogP contribution in [0, 0.1) is 0 Å². The summed E-state index contributed by atoms with van der Waals surface area (Å²) in [5.41, 5.74) is 3.78. The maximum Gasteiger partial charge on any atom is 0.271 e. The van der Waals surface area contributed by atoms with E-state index in [1.165, 1.54) is 0 Å². The molecule has 0 saturated heterocycles. The molecule has 1 heterocycles. The predicted molar refractivity (Wildman–Crippen MR) is 98.1 cm³/mol. The molecule has 0 aromatic heterocycles. The highest BCUT2D eigenvalue weighted by atomic mass is 16.7. The third kappa shape index (κ3) is 2.93. The number of nitrogens with one attached hydrogen (secondary N) is 1. The Kier molecular flexibility index (Phi) is 4.15. The highest BCUT2D eigenvalue weighted by Gasteiger charge is 2.16. The van der Waals surface area contributed by atoms with Gasteiger partial charge < -0.3 is 14.2 Å². The zero-order valence-electron chi connectivity index (χ0n) is 14.1. The average Bonchev–Trinajstić information content (AvgIpc) is 3.15. The minimum atomic E-state index is -0.334. The van der Waals surface area contributed by atoms with Crippen molar-refractivity contribution in [2.24, 2.45) is 5.10 Å². The van der Waals surface area contributed by atoms with Crippen molar-refractivity contribution in [1.29, 1.82) is 0 Å². The van der Waals surface area contributed by atoms with E-state index >= 15 is 0 Å². The molecule has 1 N–H and O–H groups in total. The molecular formula is C20H16N2O4. The van der Waals surface area contributed by atoms with Gasteiger partial charge in [0, 0.05) is 11.1 Å². The molecule has 130 valence electrons. The van der Waals surface area contributed by atoms with E-state index < -0.39 is 0 Å². The molecule has 0 fully saturated rings. The van der Waals surface area contributed by atoms with Crippen LogP contribution in [0.2, 0.25) is 0 Å². The Morgan fingerprint density at radius 3 is 2.85 bits per heavy atom. The first-order valence-electron chi connectivity index (χ1n) is 8.05. The molecule has 3 aromatic rings. The Morgan fingerprint density at radius 2 is 1.96 bits per heavy atom. The number of amides is 1. The first kappa shape index (κ1) is 16.0. The standard InChI is InChI=1S/C20H16N2O4/c1-24-17-8-6-13-4-2-3-5-15(13)16(17)11-21-22-20(23)14-7-9-18-19(10-14)26-12-25-18/h2-11H,12H2,1H3,(H,22,23)/b21-11+. The molecule has 0 atom stereocenters. The van der Waals surface area contributed by atoms with Crippen LogP contribution in [0.1, 0.15) is 15.9 Å². The van der Waals surface area contributed by atoms with Gasteiger partial charge in [-0.1, -0.05) is 30.3 Å². The molecule has 6 nitrogen and oxygen atoms in total. The molecule has 0 aliphatic carbocycles. The second-order valence-electron chi connectivity index (χ2n) is 5.67. The third-order valence-electron chi connectivity index (χ3n) is 4.15. The number of hydrazone groups is 1. The second kappa shape index (κ2) is 6.76. The Labute approximate surface area is 150 Å². The monoisotopic (exact) mass is 348 g/mol. The summed E-state index contributed by atoms with van der Waals surface area (Å²) in [6.07, 6.45) is 1.59. The summed E-state index contributed by atoms with van der Waals surface area (Å²) in [7, 11) is 1.60. The van der Waals surface area contributed by atoms with Crippen molar-refractivity contribution >= 4 is 22.9 Å². The number of carbonyl (C=O) groups excluding carboxylic acids is 1. The van der Waals surface area contributed by atoms with Crippen LogP contribution in [0.25, 0.3) is 10.8 Å². The van der Waals surface area contributed by atoms with Crippen molar-refractivity contribution in [2.75, 3.05) is 13.9 Å². The molecule has 0 spiro atoms. The summed E-state index contributed by atoms with van der Waals surface area (Å²) in [4.78, 5) is 12.3. The average molecular weight is 348 g/mol. The van der Waals surface area contributed by atoms with Crippen LogP contribution < -0.4 is 19.6 Å². The van der Waals surface area contributed by atoms with Crippen LogP contribution in [-0.2, 0) is 0 Å². The van der Waals surface area contributed by atoms with Gasteiger partial charge in [0.25, 0.3) is 5.91 Å². The van der Waals surface area contributed by atoms with Gasteiger partial charge in [0.1, 0.15) is 5.75 Å². The fourth-order valence-electron chi connectivity index (χ4n) is 2.84. The van der Waals surface area contributed by atoms with E-state index in [2.05, 4.69) is 10.5 Å². The lowest BCUT2D eigenvalue weighted by molar-refractivity contribution is 0.0954. The number of rotatable bonds is 4. The quantitative estimate of drug-likeness (QED) is 0.580. The summed E-state index contributed by atoms with van der Waals surface area (Å²) in [6, 6.07) is 16.8. The summed E-state index contributed by atoms with van der Waals surface area (Å²) >= 11 is 0. The number of fused-ring (bicyclic) bond motifs is 2. The van der Waals surface area contributed by atoms with Crippen LogP contribution in [0.15, 0.2) is 59.7 Å². The number of nitrogens with zero attached hydrogens (tertiary/aromatic N) is 1. The van der Waals surface area contributed by atoms with Crippen molar-refractivity contribution in [3.05, 3.63) is 65.7 Å². The van der Waals surface area contributed by atoms with E-state index in [-0.39, 0.29) is 12.7 Å². The number of hydrogen-bond donors (Lipinski definition) is 1. The first-order valence-corrected chi connectivity index (χ1v) is 8.05. The number of methoxy groups -OCH3 is 1. The van der Waals surface area contributed by atoms with Gasteiger partial charge in [0.2, 0.25) is 6.79 Å². The lowest BCUT2D eigenvalue weighted by Gasteiger charge is -2.08. The van der Waals surface area contributed by atoms with Gasteiger partial charge in [-0.2, -0.15) is 5.10 Å². The molecule has 6 heteroatoms. The summed E-state index contributed by atoms with van der Waals surface area (Å²) < 4.78 is 15.9. The normalized spacial score (nSPS) is 12.5. The van der Waals surface area contributed by atoms with Gasteiger partial charge in [-0.25, -0.2) is 5.43 Å². The number of carbonyl (C=O) groups is 1. The summed E-state index contributed by atoms with van der Waals surface area (Å²) in [5, 5.41) is 6.15. The van der Waals surface area contributed by atoms with E-state index in [9.17, 15) is 4.79 Å². The molecule has 0 saturated carbocycles. The minimum Gasteiger partial charge on any atom is -0.496 e. The van der Waals surface area contributed by atoms with Gasteiger partial charge in [0.05, 0.1) is 13.3 Å². The summed E-state index contributed by atoms with van der Waals surface area (Å²) in [5.74, 6) is 1.53. The van der Waals surface area contributed by atoms with Gasteiger partial charge in [-0.05, 0) is 35.0 Å². The van der Waals surface area contributed by atoms with Gasteiger partial charge >= 0.3 is 0 Å². The van der Waals surface area contributed by atoms with E-state index in [0.717, 1.165) is 16.3 Å². The van der Waals surface area contributed by atoms with Crippen molar-refractivity contribution < 1.29 is 19.0 Å². The number of benzene rings is 3. The topological polar surface area (TPSA) is 69.2 Å². The van der Waals surface area contributed by atoms with E-state index in [1.807, 2.05) is 36.4 Å². The lowest BCUT2D eigenvalue weighted by Crippen LogP contribution is -2.17. The minimum absolute atomic E-state index is 0.166. The smallest absolute Gasteiger partial charge is 0.271 e. The second-order valence-corrected chi connectivity index (χ2v) is 5.67. The Morgan fingerprint density at radius 1 is 1.12 bits per heavy atom. The third-order valence-corrected chi connectivity index (χ3v) is 4.15. The van der Waals surface area contributed by atoms with Crippen LogP contribution in [0.4, 0.5) is 0 Å². The van der Waals surface area contributed by atoms with Gasteiger partial charge in [-0.15, -0.1) is 0 Å². The zero-order chi connectivity index (χ0) is 17.9. The van der Waals surface area contributed by atoms with Crippen LogP contribution >= 0.6 is 0 Å². The predicted octanol–water partition coefficient (Wildman–Crippen LogP) is 3.34. The SMILES string of the molecule is COc1ccc2ccccc2c1/C=N/NC(=O)c1ccc2c(c1)OCO2. The molecule has 26 heavy (non-hydrogen) atoms. The Hall–Kier alpha value is -3.54. The Bertz CT molecular complexity index is 1010. The van der Waals surface area contributed by atoms with Gasteiger partial charge in [-0.3, -0.25) is 4.79 Å². The van der Waals surface area contributed by atoms with Gasteiger partial charge in [0.15, 0.2) is 11.5 Å². The van der Waals surface area contributed by atoms with Crippen molar-refractivity contribution in [3.63, 3.8) is 0 Å². The van der Waals surface area contributed by atoms with Crippen molar-refractivity contribution in [2.45, 2.75) is 0 Å². The van der Waals surface area contributed by atoms with Crippen LogP contribution in [-0.4, -0.2) is 26.0 Å². The fraction of sp³-hybridized carbons (Fsp3) is 0.100. The number of hydrogen-bond acceptors (Lipinski definition) is 5. The zero-order valence-corrected chi connectivity index (χ0v) is 14.1. The summed E-state index contributed by atoms with van der Waals surface area (Å²) in [6.45, 7) is 0.166. The molecule has 0 bridgehead atoms. The molecule has 4 rings (SSSR count). The van der Waals surface area contributed by atoms with E-state index in [0.29, 0.717) is 22.8 Å². The lowest BCUT2D eigenvalue weighted by atomic mass is 10.0. The molecule has 0 radical (unpaired) electrons. The van der Waals surface area contributed by atoms with E-state index in [1.54, 1.807) is 31.5 Å². The molecule has 3 aromatic carbocycles. The maximum atomic E-state index is 12.3. The molecule has 1 amide bonds. The molecular weight excluding hydrogens is 332 g/mol. The molecule has 1 aliphatic rings. The first-order chi connectivity index (χ1) is 12.8. The van der Waals surface area contributed by atoms with E-state index in [4.69, 9.17) is 14.2 Å². The maximum absolute atomic E-state index is 12.3. The highest BCUT2D eigenvalue weighted by molar-refractivity contribution is 6.03. The van der Waals surface area contributed by atoms with Crippen molar-refractivity contribution in [1.82, 2.24) is 5.43 Å². The largest absolute Gasteiger partial charge is 0.496 e. The number of ether oxygens (including phenoxy) is 3. The fourth-order valence-corrected chi connectivity index (χ4v) is 2.84. The van der Waals surface area contributed by atoms with Crippen LogP contribution in [0.3, 0.4) is 0 Å². The van der Waals surface area contributed by atoms with Crippen LogP contribution in [0.5, 0.6) is 17.2 Å². The highest BCUT2D eigenvalue weighted by Crippen LogP contribution is 2.32. The molecule has 0 unspecified atom stereocenters.